The van der Waals surface area contributed by atoms with Crippen molar-refractivity contribution in [3.05, 3.63) is 181 Å². The van der Waals surface area contributed by atoms with Crippen LogP contribution in [0.2, 0.25) is 0 Å². The molecule has 1 heteroatoms. The zero-order chi connectivity index (χ0) is 37.2. The summed E-state index contributed by atoms with van der Waals surface area (Å²) in [5, 5.41) is 5.05. The second kappa shape index (κ2) is 11.9. The van der Waals surface area contributed by atoms with Gasteiger partial charge in [-0.1, -0.05) is 115 Å². The molecule has 0 unspecified atom stereocenters. The molecule has 0 N–H and O–H groups in total. The van der Waals surface area contributed by atoms with Crippen LogP contribution in [0.3, 0.4) is 0 Å². The monoisotopic (exact) mass is 730 g/mol. The standard InChI is InChI=1S/C56H42O/c1-2-9-36(10-3-1)43-28-44(30-45(29-43)41-18-17-37-11-4-5-12-38(37)26-41)40-14-8-13-39(27-40)42-19-20-48-50-33-55-51(49-15-6-7-16-54(49)57-55)32-53(50)56(52(48)31-42)46-22-34-21-35(24-46)25-47(56)23-34/h1-20,26-35,46-47H,21-25H2. The van der Waals surface area contributed by atoms with Crippen molar-refractivity contribution < 1.29 is 4.42 Å². The number of fused-ring (bicyclic) bond motifs is 7. The Morgan fingerprint density at radius 2 is 0.930 bits per heavy atom. The molecular formula is C56H42O. The fourth-order valence-corrected chi connectivity index (χ4v) is 12.6. The van der Waals surface area contributed by atoms with E-state index in [1.165, 1.54) is 109 Å². The van der Waals surface area contributed by atoms with Crippen molar-refractivity contribution in [2.75, 3.05) is 0 Å². The molecule has 57 heavy (non-hydrogen) atoms. The Bertz CT molecular complexity index is 3060. The minimum absolute atomic E-state index is 0.0665. The molecular weight excluding hydrogens is 689 g/mol. The maximum Gasteiger partial charge on any atom is 0.136 e. The summed E-state index contributed by atoms with van der Waals surface area (Å²) in [6, 6.07) is 63.8. The third-order valence-corrected chi connectivity index (χ3v) is 14.8. The highest BCUT2D eigenvalue weighted by atomic mass is 16.3. The van der Waals surface area contributed by atoms with Crippen LogP contribution >= 0.6 is 0 Å². The van der Waals surface area contributed by atoms with Gasteiger partial charge in [-0.2, -0.15) is 0 Å². The molecule has 0 aliphatic heterocycles. The Morgan fingerprint density at radius 3 is 1.72 bits per heavy atom. The Morgan fingerprint density at radius 1 is 0.351 bits per heavy atom. The molecule has 1 nitrogen and oxygen atoms in total. The van der Waals surface area contributed by atoms with Gasteiger partial charge in [-0.3, -0.25) is 0 Å². The lowest BCUT2D eigenvalue weighted by Gasteiger charge is -2.61. The molecule has 4 fully saturated rings. The molecule has 0 atom stereocenters. The first kappa shape index (κ1) is 32.0. The van der Waals surface area contributed by atoms with Gasteiger partial charge in [-0.25, -0.2) is 0 Å². The normalized spacial score (nSPS) is 22.8. The van der Waals surface area contributed by atoms with Gasteiger partial charge < -0.3 is 4.42 Å². The van der Waals surface area contributed by atoms with Gasteiger partial charge in [-0.15, -0.1) is 0 Å². The summed E-state index contributed by atoms with van der Waals surface area (Å²) < 4.78 is 6.53. The van der Waals surface area contributed by atoms with E-state index in [9.17, 15) is 0 Å². The Labute approximate surface area is 333 Å². The number of furan rings is 1. The smallest absolute Gasteiger partial charge is 0.136 e. The minimum Gasteiger partial charge on any atom is -0.456 e. The molecule has 1 heterocycles. The fourth-order valence-electron chi connectivity index (χ4n) is 12.6. The molecule has 8 aromatic carbocycles. The van der Waals surface area contributed by atoms with Gasteiger partial charge in [0.05, 0.1) is 0 Å². The number of hydrogen-bond acceptors (Lipinski definition) is 1. The lowest BCUT2D eigenvalue weighted by molar-refractivity contribution is -0.0398. The first-order valence-electron chi connectivity index (χ1n) is 21.1. The maximum absolute atomic E-state index is 6.53. The van der Waals surface area contributed by atoms with Crippen LogP contribution in [-0.4, -0.2) is 0 Å². The summed E-state index contributed by atoms with van der Waals surface area (Å²) in [6.07, 6.45) is 6.93. The second-order valence-corrected chi connectivity index (χ2v) is 17.7. The van der Waals surface area contributed by atoms with Crippen LogP contribution in [0.4, 0.5) is 0 Å². The van der Waals surface area contributed by atoms with Crippen LogP contribution in [0.1, 0.15) is 43.2 Å². The second-order valence-electron chi connectivity index (χ2n) is 17.7. The molecule has 0 saturated heterocycles. The largest absolute Gasteiger partial charge is 0.456 e. The summed E-state index contributed by atoms with van der Waals surface area (Å²) >= 11 is 0. The van der Waals surface area contributed by atoms with Gasteiger partial charge in [0.2, 0.25) is 0 Å². The highest BCUT2D eigenvalue weighted by Crippen LogP contribution is 2.70. The van der Waals surface area contributed by atoms with E-state index in [1.54, 1.807) is 11.1 Å². The molecule has 14 rings (SSSR count). The summed E-state index contributed by atoms with van der Waals surface area (Å²) in [7, 11) is 0. The third kappa shape index (κ3) is 4.69. The van der Waals surface area contributed by atoms with Crippen LogP contribution in [0, 0.1) is 23.7 Å². The highest BCUT2D eigenvalue weighted by Gasteiger charge is 2.61. The molecule has 0 radical (unpaired) electrons. The number of benzene rings is 8. The van der Waals surface area contributed by atoms with Crippen molar-refractivity contribution in [2.45, 2.75) is 37.5 Å². The first-order chi connectivity index (χ1) is 28.2. The predicted octanol–water partition coefficient (Wildman–Crippen LogP) is 15.1. The zero-order valence-electron chi connectivity index (χ0n) is 31.9. The van der Waals surface area contributed by atoms with E-state index in [-0.39, 0.29) is 5.41 Å². The van der Waals surface area contributed by atoms with E-state index in [4.69, 9.17) is 4.42 Å². The third-order valence-electron chi connectivity index (χ3n) is 14.8. The maximum atomic E-state index is 6.53. The van der Waals surface area contributed by atoms with Crippen molar-refractivity contribution >= 4 is 32.7 Å². The van der Waals surface area contributed by atoms with Crippen molar-refractivity contribution in [1.29, 1.82) is 0 Å². The topological polar surface area (TPSA) is 13.1 Å². The lowest BCUT2D eigenvalue weighted by Crippen LogP contribution is -2.55. The van der Waals surface area contributed by atoms with Gasteiger partial charge in [0.15, 0.2) is 0 Å². The van der Waals surface area contributed by atoms with E-state index in [1.807, 2.05) is 0 Å². The van der Waals surface area contributed by atoms with Crippen LogP contribution in [0.5, 0.6) is 0 Å². The Kier molecular flexibility index (Phi) is 6.68. The van der Waals surface area contributed by atoms with Crippen molar-refractivity contribution in [2.24, 2.45) is 23.7 Å². The van der Waals surface area contributed by atoms with Gasteiger partial charge in [0, 0.05) is 16.2 Å². The van der Waals surface area contributed by atoms with Gasteiger partial charge in [0.1, 0.15) is 11.2 Å². The van der Waals surface area contributed by atoms with Crippen molar-refractivity contribution in [3.8, 4) is 55.6 Å². The Hall–Kier alpha value is -6.18. The van der Waals surface area contributed by atoms with Crippen LogP contribution in [0.25, 0.3) is 88.3 Å². The van der Waals surface area contributed by atoms with E-state index in [0.29, 0.717) is 11.8 Å². The first-order valence-corrected chi connectivity index (χ1v) is 21.1. The predicted molar refractivity (Wildman–Crippen MR) is 236 cm³/mol. The van der Waals surface area contributed by atoms with Crippen molar-refractivity contribution in [3.63, 3.8) is 0 Å². The van der Waals surface area contributed by atoms with Crippen LogP contribution < -0.4 is 0 Å². The molecule has 4 saturated carbocycles. The van der Waals surface area contributed by atoms with Crippen molar-refractivity contribution in [1.82, 2.24) is 0 Å². The van der Waals surface area contributed by atoms with E-state index in [0.717, 1.165) is 23.0 Å². The van der Waals surface area contributed by atoms with Crippen LogP contribution in [-0.2, 0) is 5.41 Å². The molecule has 1 spiro atoms. The SMILES string of the molecule is c1ccc(-c2cc(-c3cccc(-c4ccc5c(c4)C4(c6cc7c(cc6-5)oc5ccccc57)C5CC6CC(C5)CC4C6)c3)cc(-c3ccc4ccccc4c3)c2)cc1. The van der Waals surface area contributed by atoms with E-state index >= 15 is 0 Å². The quantitative estimate of drug-likeness (QED) is 0.176. The average Bonchev–Trinajstić information content (AvgIpc) is 3.77. The summed E-state index contributed by atoms with van der Waals surface area (Å²) in [6.45, 7) is 0. The van der Waals surface area contributed by atoms with Crippen LogP contribution in [0.15, 0.2) is 174 Å². The average molecular weight is 731 g/mol. The van der Waals surface area contributed by atoms with E-state index < -0.39 is 0 Å². The Balaban J connectivity index is 0.964. The summed E-state index contributed by atoms with van der Waals surface area (Å²) in [5.74, 6) is 3.19. The summed E-state index contributed by atoms with van der Waals surface area (Å²) in [4.78, 5) is 0. The molecule has 4 bridgehead atoms. The molecule has 1 aromatic heterocycles. The number of rotatable bonds is 4. The van der Waals surface area contributed by atoms with Gasteiger partial charge in [0.25, 0.3) is 0 Å². The molecule has 5 aliphatic carbocycles. The zero-order valence-corrected chi connectivity index (χ0v) is 31.9. The molecule has 272 valence electrons. The van der Waals surface area contributed by atoms with Gasteiger partial charge >= 0.3 is 0 Å². The molecule has 9 aromatic rings. The van der Waals surface area contributed by atoms with Gasteiger partial charge in [-0.05, 0) is 188 Å². The number of hydrogen-bond donors (Lipinski definition) is 0. The van der Waals surface area contributed by atoms with E-state index in [2.05, 4.69) is 170 Å². The minimum atomic E-state index is 0.0665. The molecule has 0 amide bonds. The fraction of sp³-hybridized carbons (Fsp3) is 0.179. The lowest BCUT2D eigenvalue weighted by atomic mass is 9.43. The highest BCUT2D eigenvalue weighted by molar-refractivity contribution is 6.07. The number of para-hydroxylation sites is 1. The molecule has 5 aliphatic rings. The summed E-state index contributed by atoms with van der Waals surface area (Å²) in [5.41, 5.74) is 18.1.